The maximum atomic E-state index is 11.8. The van der Waals surface area contributed by atoms with E-state index in [2.05, 4.69) is 20.5 Å². The summed E-state index contributed by atoms with van der Waals surface area (Å²) in [6, 6.07) is 7.51. The molecule has 22 heavy (non-hydrogen) atoms. The highest BCUT2D eigenvalue weighted by molar-refractivity contribution is 6.00. The van der Waals surface area contributed by atoms with Crippen LogP contribution in [0.3, 0.4) is 0 Å². The summed E-state index contributed by atoms with van der Waals surface area (Å²) in [4.78, 5) is 16.0. The normalized spacial score (nSPS) is 11.1. The predicted molar refractivity (Wildman–Crippen MR) is 85.7 cm³/mol. The molecule has 0 saturated heterocycles. The van der Waals surface area contributed by atoms with Crippen LogP contribution in [0.5, 0.6) is 5.75 Å². The summed E-state index contributed by atoms with van der Waals surface area (Å²) >= 11 is 0. The number of hydrogen-bond acceptors (Lipinski definition) is 4. The zero-order valence-electron chi connectivity index (χ0n) is 13.0. The van der Waals surface area contributed by atoms with Crippen molar-refractivity contribution in [3.05, 3.63) is 41.7 Å². The van der Waals surface area contributed by atoms with Gasteiger partial charge in [0.05, 0.1) is 6.61 Å². The molecule has 1 amide bonds. The number of anilines is 1. The van der Waals surface area contributed by atoms with Crippen molar-refractivity contribution in [1.29, 1.82) is 0 Å². The number of rotatable bonds is 6. The second-order valence-corrected chi connectivity index (χ2v) is 5.02. The van der Waals surface area contributed by atoms with Crippen molar-refractivity contribution in [2.45, 2.75) is 26.7 Å². The molecule has 1 heterocycles. The highest BCUT2D eigenvalue weighted by Gasteiger charge is 2.07. The highest BCUT2D eigenvalue weighted by atomic mass is 16.5. The Kier molecular flexibility index (Phi) is 5.30. The Balaban J connectivity index is 1.92. The van der Waals surface area contributed by atoms with Crippen molar-refractivity contribution < 1.29 is 9.53 Å². The second-order valence-electron chi connectivity index (χ2n) is 5.02. The van der Waals surface area contributed by atoms with Crippen molar-refractivity contribution in [3.8, 4) is 5.75 Å². The van der Waals surface area contributed by atoms with Gasteiger partial charge in [-0.05, 0) is 30.7 Å². The number of carbonyl (C=O) groups excluding carboxylic acids is 1. The fourth-order valence-corrected chi connectivity index (χ4v) is 1.75. The summed E-state index contributed by atoms with van der Waals surface area (Å²) in [7, 11) is 0. The summed E-state index contributed by atoms with van der Waals surface area (Å²) in [5.41, 5.74) is 0.913. The van der Waals surface area contributed by atoms with Gasteiger partial charge >= 0.3 is 0 Å². The van der Waals surface area contributed by atoms with Crippen LogP contribution in [0.15, 0.2) is 30.3 Å². The van der Waals surface area contributed by atoms with Crippen LogP contribution in [0.2, 0.25) is 0 Å². The molecule has 2 rings (SSSR count). The summed E-state index contributed by atoms with van der Waals surface area (Å²) in [5.74, 6) is 1.79. The monoisotopic (exact) mass is 300 g/mol. The van der Waals surface area contributed by atoms with Crippen LogP contribution >= 0.6 is 0 Å². The SMILES string of the molecule is CCOc1ccc(/C=C\C(=O)Nc2n[nH]c(C(C)C)n2)cc1. The van der Waals surface area contributed by atoms with Crippen molar-refractivity contribution in [1.82, 2.24) is 15.2 Å². The molecule has 1 aromatic heterocycles. The Hall–Kier alpha value is -2.63. The van der Waals surface area contributed by atoms with Crippen molar-refractivity contribution in [3.63, 3.8) is 0 Å². The second kappa shape index (κ2) is 7.40. The lowest BCUT2D eigenvalue weighted by Crippen LogP contribution is -2.09. The van der Waals surface area contributed by atoms with E-state index in [1.165, 1.54) is 6.08 Å². The van der Waals surface area contributed by atoms with Crippen molar-refractivity contribution in [2.24, 2.45) is 0 Å². The fraction of sp³-hybridized carbons (Fsp3) is 0.312. The minimum absolute atomic E-state index is 0.234. The number of benzene rings is 1. The molecule has 2 aromatic rings. The van der Waals surface area contributed by atoms with E-state index in [0.717, 1.165) is 17.1 Å². The topological polar surface area (TPSA) is 79.9 Å². The third-order valence-electron chi connectivity index (χ3n) is 2.90. The summed E-state index contributed by atoms with van der Waals surface area (Å²) in [6.45, 7) is 6.56. The van der Waals surface area contributed by atoms with Crippen LogP contribution in [0.4, 0.5) is 5.95 Å². The number of nitrogens with zero attached hydrogens (tertiary/aromatic N) is 2. The molecule has 0 aliphatic carbocycles. The first-order valence-corrected chi connectivity index (χ1v) is 7.22. The van der Waals surface area contributed by atoms with Gasteiger partial charge in [0, 0.05) is 12.0 Å². The van der Waals surface area contributed by atoms with Gasteiger partial charge in [0.1, 0.15) is 11.6 Å². The molecule has 0 aliphatic rings. The van der Waals surface area contributed by atoms with Gasteiger partial charge in [-0.2, -0.15) is 4.98 Å². The third-order valence-corrected chi connectivity index (χ3v) is 2.90. The first-order valence-electron chi connectivity index (χ1n) is 7.22. The standard InChI is InChI=1S/C16H20N4O2/c1-4-22-13-8-5-12(6-9-13)7-10-14(21)17-16-18-15(11(2)3)19-20-16/h5-11H,4H2,1-3H3,(H2,17,18,19,20,21)/b10-7-. The van der Waals surface area contributed by atoms with Gasteiger partial charge in [-0.3, -0.25) is 15.2 Å². The van der Waals surface area contributed by atoms with E-state index >= 15 is 0 Å². The van der Waals surface area contributed by atoms with Crippen LogP contribution in [-0.2, 0) is 4.79 Å². The van der Waals surface area contributed by atoms with Gasteiger partial charge in [-0.15, -0.1) is 5.10 Å². The lowest BCUT2D eigenvalue weighted by Gasteiger charge is -2.02. The number of aromatic nitrogens is 3. The first-order chi connectivity index (χ1) is 10.6. The maximum Gasteiger partial charge on any atom is 0.250 e. The van der Waals surface area contributed by atoms with E-state index in [1.807, 2.05) is 45.0 Å². The smallest absolute Gasteiger partial charge is 0.250 e. The van der Waals surface area contributed by atoms with Crippen LogP contribution in [0, 0.1) is 0 Å². The Labute approximate surface area is 129 Å². The predicted octanol–water partition coefficient (Wildman–Crippen LogP) is 2.98. The molecule has 0 fully saturated rings. The Morgan fingerprint density at radius 1 is 1.36 bits per heavy atom. The molecule has 6 heteroatoms. The number of amides is 1. The zero-order valence-corrected chi connectivity index (χ0v) is 13.0. The molecule has 6 nitrogen and oxygen atoms in total. The molecule has 2 N–H and O–H groups in total. The van der Waals surface area contributed by atoms with E-state index in [-0.39, 0.29) is 17.8 Å². The largest absolute Gasteiger partial charge is 0.494 e. The summed E-state index contributed by atoms with van der Waals surface area (Å²) < 4.78 is 5.36. The Morgan fingerprint density at radius 3 is 2.68 bits per heavy atom. The van der Waals surface area contributed by atoms with E-state index in [4.69, 9.17) is 4.74 Å². The van der Waals surface area contributed by atoms with Crippen LogP contribution in [-0.4, -0.2) is 27.7 Å². The van der Waals surface area contributed by atoms with Gasteiger partial charge in [0.15, 0.2) is 0 Å². The number of nitrogens with one attached hydrogen (secondary N) is 2. The van der Waals surface area contributed by atoms with Gasteiger partial charge < -0.3 is 4.74 Å². The van der Waals surface area contributed by atoms with E-state index in [9.17, 15) is 4.79 Å². The van der Waals surface area contributed by atoms with Crippen LogP contribution in [0.1, 0.15) is 38.1 Å². The maximum absolute atomic E-state index is 11.8. The van der Waals surface area contributed by atoms with Crippen molar-refractivity contribution in [2.75, 3.05) is 11.9 Å². The van der Waals surface area contributed by atoms with Gasteiger partial charge in [0.25, 0.3) is 5.91 Å². The molecule has 0 spiro atoms. The average molecular weight is 300 g/mol. The molecule has 0 bridgehead atoms. The molecule has 0 saturated carbocycles. The quantitative estimate of drug-likeness (QED) is 0.804. The lowest BCUT2D eigenvalue weighted by molar-refractivity contribution is -0.111. The third kappa shape index (κ3) is 4.44. The van der Waals surface area contributed by atoms with Crippen molar-refractivity contribution >= 4 is 17.9 Å². The molecular formula is C16H20N4O2. The van der Waals surface area contributed by atoms with Gasteiger partial charge in [-0.1, -0.05) is 26.0 Å². The number of carbonyl (C=O) groups is 1. The molecule has 0 aliphatic heterocycles. The number of ether oxygens (including phenoxy) is 1. The zero-order chi connectivity index (χ0) is 15.9. The fourth-order valence-electron chi connectivity index (χ4n) is 1.75. The number of aromatic amines is 1. The van der Waals surface area contributed by atoms with Gasteiger partial charge in [0.2, 0.25) is 5.95 Å². The lowest BCUT2D eigenvalue weighted by atomic mass is 10.2. The van der Waals surface area contributed by atoms with E-state index in [1.54, 1.807) is 6.08 Å². The molecule has 116 valence electrons. The average Bonchev–Trinajstić information content (AvgIpc) is 2.95. The minimum Gasteiger partial charge on any atom is -0.494 e. The number of hydrogen-bond donors (Lipinski definition) is 2. The van der Waals surface area contributed by atoms with Crippen LogP contribution in [0.25, 0.3) is 6.08 Å². The molecule has 0 unspecified atom stereocenters. The van der Waals surface area contributed by atoms with Crippen LogP contribution < -0.4 is 10.1 Å². The number of H-pyrrole nitrogens is 1. The van der Waals surface area contributed by atoms with E-state index in [0.29, 0.717) is 6.61 Å². The molecule has 1 aromatic carbocycles. The summed E-state index contributed by atoms with van der Waals surface area (Å²) in [6.07, 6.45) is 3.17. The molecular weight excluding hydrogens is 280 g/mol. The summed E-state index contributed by atoms with van der Waals surface area (Å²) in [5, 5.41) is 9.35. The van der Waals surface area contributed by atoms with E-state index < -0.39 is 0 Å². The Bertz CT molecular complexity index is 644. The van der Waals surface area contributed by atoms with Gasteiger partial charge in [-0.25, -0.2) is 0 Å². The highest BCUT2D eigenvalue weighted by Crippen LogP contribution is 2.13. The minimum atomic E-state index is -0.275. The Morgan fingerprint density at radius 2 is 2.09 bits per heavy atom. The first kappa shape index (κ1) is 15.8. The molecule has 0 radical (unpaired) electrons. The molecule has 0 atom stereocenters.